The van der Waals surface area contributed by atoms with Gasteiger partial charge in [0.05, 0.1) is 12.6 Å². The molecule has 0 aliphatic heterocycles. The molecule has 0 aromatic heterocycles. The van der Waals surface area contributed by atoms with E-state index in [1.165, 1.54) is 0 Å². The van der Waals surface area contributed by atoms with Crippen LogP contribution in [0.25, 0.3) is 0 Å². The molecule has 0 saturated heterocycles. The summed E-state index contributed by atoms with van der Waals surface area (Å²) in [5.74, 6) is -0.181. The fraction of sp³-hybridized carbons (Fsp3) is 0.857. The third-order valence-corrected chi connectivity index (χ3v) is 3.44. The first-order chi connectivity index (χ1) is 9.24. The summed E-state index contributed by atoms with van der Waals surface area (Å²) in [6.07, 6.45) is 3.48. The van der Waals surface area contributed by atoms with Crippen molar-refractivity contribution in [3.63, 3.8) is 0 Å². The number of carbonyl (C=O) groups excluding carboxylic acids is 2. The van der Waals surface area contributed by atoms with E-state index in [-0.39, 0.29) is 30.6 Å². The summed E-state index contributed by atoms with van der Waals surface area (Å²) in [7, 11) is 1.73. The van der Waals surface area contributed by atoms with E-state index >= 15 is 0 Å². The van der Waals surface area contributed by atoms with Crippen molar-refractivity contribution < 1.29 is 14.3 Å². The Labute approximate surface area is 121 Å². The Balaban J connectivity index is 2.68. The van der Waals surface area contributed by atoms with E-state index in [1.807, 2.05) is 20.8 Å². The second-order valence-corrected chi connectivity index (χ2v) is 6.32. The first-order valence-electron chi connectivity index (χ1n) is 7.20. The number of likely N-dealkylation sites (N-methyl/N-ethyl adjacent to an activating group) is 1. The zero-order valence-corrected chi connectivity index (χ0v) is 12.9. The van der Waals surface area contributed by atoms with Gasteiger partial charge in [-0.25, -0.2) is 4.79 Å². The number of hydrogen-bond acceptors (Lipinski definition) is 4. The molecule has 3 N–H and O–H groups in total. The largest absolute Gasteiger partial charge is 0.444 e. The summed E-state index contributed by atoms with van der Waals surface area (Å²) in [6, 6.07) is -0.0774. The maximum absolute atomic E-state index is 12.1. The second-order valence-electron chi connectivity index (χ2n) is 6.32. The number of nitrogens with two attached hydrogens (primary N) is 1. The van der Waals surface area contributed by atoms with Crippen molar-refractivity contribution in [1.29, 1.82) is 0 Å². The van der Waals surface area contributed by atoms with Crippen LogP contribution in [0.15, 0.2) is 0 Å². The average Bonchev–Trinajstić information content (AvgIpc) is 2.36. The standard InChI is InChI=1S/C14H27N3O3/c1-14(2,3)20-13(19)17(4)11-8-6-5-7-10(11)16-12(18)9-15/h10-11H,5-9,15H2,1-4H3,(H,16,18)/t10-,11+/m0/s1. The Morgan fingerprint density at radius 2 is 1.90 bits per heavy atom. The summed E-state index contributed by atoms with van der Waals surface area (Å²) in [5.41, 5.74) is 4.82. The lowest BCUT2D eigenvalue weighted by Crippen LogP contribution is -2.55. The lowest BCUT2D eigenvalue weighted by atomic mass is 9.89. The molecule has 0 spiro atoms. The summed E-state index contributed by atoms with van der Waals surface area (Å²) in [4.78, 5) is 25.2. The molecule has 2 atom stereocenters. The first kappa shape index (κ1) is 16.8. The number of nitrogens with one attached hydrogen (secondary N) is 1. The van der Waals surface area contributed by atoms with Crippen molar-refractivity contribution in [3.8, 4) is 0 Å². The Morgan fingerprint density at radius 1 is 1.30 bits per heavy atom. The molecule has 1 aliphatic rings. The minimum atomic E-state index is -0.518. The van der Waals surface area contributed by atoms with Gasteiger partial charge in [-0.05, 0) is 33.6 Å². The van der Waals surface area contributed by atoms with Crippen LogP contribution in [0, 0.1) is 0 Å². The quantitative estimate of drug-likeness (QED) is 0.817. The van der Waals surface area contributed by atoms with E-state index in [2.05, 4.69) is 5.32 Å². The van der Waals surface area contributed by atoms with Crippen LogP contribution in [0.3, 0.4) is 0 Å². The lowest BCUT2D eigenvalue weighted by Gasteiger charge is -2.38. The molecule has 0 heterocycles. The molecule has 6 nitrogen and oxygen atoms in total. The molecule has 20 heavy (non-hydrogen) atoms. The molecule has 1 fully saturated rings. The van der Waals surface area contributed by atoms with Crippen molar-refractivity contribution in [2.45, 2.75) is 64.1 Å². The third kappa shape index (κ3) is 5.00. The second kappa shape index (κ2) is 6.92. The van der Waals surface area contributed by atoms with Crippen molar-refractivity contribution in [2.24, 2.45) is 5.73 Å². The van der Waals surface area contributed by atoms with Gasteiger partial charge in [0, 0.05) is 13.1 Å². The SMILES string of the molecule is CN(C(=O)OC(C)(C)C)[C@@H]1CCCC[C@@H]1NC(=O)CN. The Hall–Kier alpha value is -1.30. The summed E-state index contributed by atoms with van der Waals surface area (Å²) >= 11 is 0. The molecule has 0 bridgehead atoms. The number of amides is 2. The molecule has 1 rings (SSSR count). The van der Waals surface area contributed by atoms with Gasteiger partial charge < -0.3 is 20.7 Å². The smallest absolute Gasteiger partial charge is 0.410 e. The fourth-order valence-electron chi connectivity index (χ4n) is 2.48. The van der Waals surface area contributed by atoms with Crippen LogP contribution in [-0.4, -0.2) is 48.2 Å². The van der Waals surface area contributed by atoms with Crippen molar-refractivity contribution in [2.75, 3.05) is 13.6 Å². The highest BCUT2D eigenvalue weighted by Gasteiger charge is 2.33. The van der Waals surface area contributed by atoms with Crippen molar-refractivity contribution in [3.05, 3.63) is 0 Å². The fourth-order valence-corrected chi connectivity index (χ4v) is 2.48. The highest BCUT2D eigenvalue weighted by molar-refractivity contribution is 5.78. The maximum atomic E-state index is 12.1. The Kier molecular flexibility index (Phi) is 5.80. The van der Waals surface area contributed by atoms with Gasteiger partial charge in [-0.2, -0.15) is 0 Å². The van der Waals surface area contributed by atoms with E-state index < -0.39 is 5.60 Å². The summed E-state index contributed by atoms with van der Waals surface area (Å²) < 4.78 is 5.38. The van der Waals surface area contributed by atoms with Gasteiger partial charge >= 0.3 is 6.09 Å². The third-order valence-electron chi connectivity index (χ3n) is 3.44. The van der Waals surface area contributed by atoms with Gasteiger partial charge in [-0.3, -0.25) is 4.79 Å². The molecule has 0 aromatic carbocycles. The van der Waals surface area contributed by atoms with Crippen LogP contribution in [-0.2, 0) is 9.53 Å². The number of nitrogens with zero attached hydrogens (tertiary/aromatic N) is 1. The number of ether oxygens (including phenoxy) is 1. The molecule has 1 saturated carbocycles. The first-order valence-corrected chi connectivity index (χ1v) is 7.20. The summed E-state index contributed by atoms with van der Waals surface area (Å²) in [6.45, 7) is 5.49. The van der Waals surface area contributed by atoms with Crippen LogP contribution in [0.1, 0.15) is 46.5 Å². The Bertz CT molecular complexity index is 352. The predicted molar refractivity (Wildman–Crippen MR) is 77.2 cm³/mol. The van der Waals surface area contributed by atoms with Gasteiger partial charge in [0.25, 0.3) is 0 Å². The minimum Gasteiger partial charge on any atom is -0.444 e. The van der Waals surface area contributed by atoms with Crippen LogP contribution >= 0.6 is 0 Å². The Morgan fingerprint density at radius 3 is 2.45 bits per heavy atom. The van der Waals surface area contributed by atoms with Crippen molar-refractivity contribution >= 4 is 12.0 Å². The number of hydrogen-bond donors (Lipinski definition) is 2. The predicted octanol–water partition coefficient (Wildman–Crippen LogP) is 1.24. The monoisotopic (exact) mass is 285 g/mol. The maximum Gasteiger partial charge on any atom is 0.410 e. The molecule has 0 aromatic rings. The molecule has 2 amide bonds. The topological polar surface area (TPSA) is 84.7 Å². The highest BCUT2D eigenvalue weighted by atomic mass is 16.6. The van der Waals surface area contributed by atoms with Gasteiger partial charge in [0.2, 0.25) is 5.91 Å². The molecule has 0 unspecified atom stereocenters. The van der Waals surface area contributed by atoms with E-state index in [0.29, 0.717) is 0 Å². The van der Waals surface area contributed by atoms with Gasteiger partial charge in [-0.15, -0.1) is 0 Å². The molecule has 1 aliphatic carbocycles. The van der Waals surface area contributed by atoms with E-state index in [1.54, 1.807) is 11.9 Å². The number of carbonyl (C=O) groups is 2. The van der Waals surface area contributed by atoms with Crippen LogP contribution in [0.5, 0.6) is 0 Å². The van der Waals surface area contributed by atoms with Gasteiger partial charge in [0.15, 0.2) is 0 Å². The molecule has 116 valence electrons. The number of rotatable bonds is 3. The van der Waals surface area contributed by atoms with Crippen LogP contribution in [0.2, 0.25) is 0 Å². The van der Waals surface area contributed by atoms with E-state index in [0.717, 1.165) is 25.7 Å². The van der Waals surface area contributed by atoms with Gasteiger partial charge in [0.1, 0.15) is 5.60 Å². The summed E-state index contributed by atoms with van der Waals surface area (Å²) in [5, 5.41) is 2.90. The van der Waals surface area contributed by atoms with E-state index in [4.69, 9.17) is 10.5 Å². The molecule has 6 heteroatoms. The average molecular weight is 285 g/mol. The normalized spacial score (nSPS) is 23.1. The highest BCUT2D eigenvalue weighted by Crippen LogP contribution is 2.24. The van der Waals surface area contributed by atoms with Crippen LogP contribution < -0.4 is 11.1 Å². The van der Waals surface area contributed by atoms with Crippen molar-refractivity contribution in [1.82, 2.24) is 10.2 Å². The van der Waals surface area contributed by atoms with E-state index in [9.17, 15) is 9.59 Å². The molecule has 0 radical (unpaired) electrons. The van der Waals surface area contributed by atoms with Crippen LogP contribution in [0.4, 0.5) is 4.79 Å². The minimum absolute atomic E-state index is 0.0284. The zero-order chi connectivity index (χ0) is 15.3. The molecular weight excluding hydrogens is 258 g/mol. The van der Waals surface area contributed by atoms with Gasteiger partial charge in [-0.1, -0.05) is 12.8 Å². The lowest BCUT2D eigenvalue weighted by molar-refractivity contribution is -0.121. The zero-order valence-electron chi connectivity index (χ0n) is 12.9. The molecular formula is C14H27N3O3.